The van der Waals surface area contributed by atoms with Gasteiger partial charge in [-0.2, -0.15) is 10.2 Å². The van der Waals surface area contributed by atoms with E-state index in [-0.39, 0.29) is 5.56 Å². The Hall–Kier alpha value is -2.71. The number of nitrogens with zero attached hydrogens (tertiary/aromatic N) is 3. The molecule has 0 saturated carbocycles. The number of nitriles is 1. The third-order valence-corrected chi connectivity index (χ3v) is 4.46. The number of allylic oxidation sites excluding steroid dienone is 4. The highest BCUT2D eigenvalue weighted by Gasteiger charge is 2.16. The summed E-state index contributed by atoms with van der Waals surface area (Å²) in [7, 11) is 1.88. The summed E-state index contributed by atoms with van der Waals surface area (Å²) in [5.41, 5.74) is 1.96. The molecule has 0 N–H and O–H groups in total. The van der Waals surface area contributed by atoms with E-state index in [1.165, 1.54) is 11.3 Å². The molecule has 1 aliphatic rings. The van der Waals surface area contributed by atoms with Crippen LogP contribution in [0.2, 0.25) is 0 Å². The van der Waals surface area contributed by atoms with Gasteiger partial charge in [-0.3, -0.25) is 4.79 Å². The zero-order valence-corrected chi connectivity index (χ0v) is 13.0. The summed E-state index contributed by atoms with van der Waals surface area (Å²) in [5.74, 6) is 0. The van der Waals surface area contributed by atoms with E-state index < -0.39 is 0 Å². The number of fused-ring (bicyclic) bond motifs is 1. The lowest BCUT2D eigenvalue weighted by Crippen LogP contribution is -2.15. The van der Waals surface area contributed by atoms with E-state index in [0.717, 1.165) is 16.0 Å². The number of hydrogen-bond acceptors (Lipinski definition) is 5. The minimum Gasteiger partial charge on any atom is -0.350 e. The molecule has 108 valence electrons. The predicted molar refractivity (Wildman–Crippen MR) is 89.1 cm³/mol. The Morgan fingerprint density at radius 1 is 1.32 bits per heavy atom. The van der Waals surface area contributed by atoms with Crippen molar-refractivity contribution in [2.75, 3.05) is 7.05 Å². The second-order valence-corrected chi connectivity index (χ2v) is 6.04. The van der Waals surface area contributed by atoms with Crippen molar-refractivity contribution >= 4 is 27.0 Å². The average molecular weight is 307 g/mol. The summed E-state index contributed by atoms with van der Waals surface area (Å²) in [5, 5.41) is 10.6. The Balaban J connectivity index is 2.23. The fraction of sp³-hybridized carbons (Fsp3) is 0.118. The molecule has 2 aromatic rings. The Kier molecular flexibility index (Phi) is 3.61. The van der Waals surface area contributed by atoms with E-state index in [9.17, 15) is 10.1 Å². The van der Waals surface area contributed by atoms with Crippen LogP contribution in [0.15, 0.2) is 58.7 Å². The van der Waals surface area contributed by atoms with E-state index in [4.69, 9.17) is 0 Å². The molecule has 0 amide bonds. The van der Waals surface area contributed by atoms with Gasteiger partial charge in [-0.25, -0.2) is 0 Å². The lowest BCUT2D eigenvalue weighted by Gasteiger charge is -2.21. The number of aromatic nitrogens is 1. The van der Waals surface area contributed by atoms with E-state index in [0.29, 0.717) is 16.0 Å². The molecule has 0 unspecified atom stereocenters. The molecule has 0 aliphatic carbocycles. The Morgan fingerprint density at radius 2 is 2.09 bits per heavy atom. The molecule has 3 rings (SSSR count). The van der Waals surface area contributed by atoms with Crippen molar-refractivity contribution in [2.24, 2.45) is 0 Å². The van der Waals surface area contributed by atoms with Crippen LogP contribution in [0.1, 0.15) is 11.9 Å². The van der Waals surface area contributed by atoms with Crippen LogP contribution in [0.4, 0.5) is 0 Å². The van der Waals surface area contributed by atoms with Crippen LogP contribution in [-0.4, -0.2) is 16.9 Å². The van der Waals surface area contributed by atoms with Gasteiger partial charge in [0.15, 0.2) is 0 Å². The lowest BCUT2D eigenvalue weighted by atomic mass is 10.1. The molecule has 0 radical (unpaired) electrons. The largest absolute Gasteiger partial charge is 0.350 e. The van der Waals surface area contributed by atoms with Crippen molar-refractivity contribution in [1.82, 2.24) is 9.88 Å². The molecule has 4 nitrogen and oxygen atoms in total. The third kappa shape index (κ3) is 2.45. The van der Waals surface area contributed by atoms with Crippen LogP contribution in [0.3, 0.4) is 0 Å². The SMILES string of the molecule is CC1=CN(C)C(=C(C#N)c2nc(=O)c3ccccc3s2)C=C1. The van der Waals surface area contributed by atoms with Gasteiger partial charge in [0, 0.05) is 17.9 Å². The van der Waals surface area contributed by atoms with Crippen LogP contribution in [-0.2, 0) is 0 Å². The molecule has 0 saturated heterocycles. The molecule has 0 bridgehead atoms. The van der Waals surface area contributed by atoms with Gasteiger partial charge in [-0.15, -0.1) is 11.3 Å². The zero-order valence-electron chi connectivity index (χ0n) is 12.2. The Bertz CT molecular complexity index is 944. The van der Waals surface area contributed by atoms with Crippen LogP contribution >= 0.6 is 11.3 Å². The summed E-state index contributed by atoms with van der Waals surface area (Å²) >= 11 is 1.36. The first-order chi connectivity index (χ1) is 10.6. The van der Waals surface area contributed by atoms with Crippen molar-refractivity contribution in [3.63, 3.8) is 0 Å². The summed E-state index contributed by atoms with van der Waals surface area (Å²) in [6.45, 7) is 1.99. The van der Waals surface area contributed by atoms with Crippen LogP contribution in [0.25, 0.3) is 15.7 Å². The number of hydrogen-bond donors (Lipinski definition) is 0. The van der Waals surface area contributed by atoms with E-state index in [2.05, 4.69) is 11.1 Å². The molecule has 0 spiro atoms. The normalized spacial score (nSPS) is 16.4. The van der Waals surface area contributed by atoms with Gasteiger partial charge in [0.05, 0.1) is 11.1 Å². The van der Waals surface area contributed by atoms with Crippen LogP contribution in [0.5, 0.6) is 0 Å². The van der Waals surface area contributed by atoms with Gasteiger partial charge < -0.3 is 4.90 Å². The van der Waals surface area contributed by atoms with Crippen molar-refractivity contribution in [1.29, 1.82) is 5.26 Å². The molecule has 1 aromatic heterocycles. The maximum Gasteiger partial charge on any atom is 0.279 e. The highest BCUT2D eigenvalue weighted by atomic mass is 32.1. The van der Waals surface area contributed by atoms with E-state index in [1.54, 1.807) is 6.07 Å². The highest BCUT2D eigenvalue weighted by Crippen LogP contribution is 2.28. The molecule has 2 heterocycles. The molecule has 0 fully saturated rings. The zero-order chi connectivity index (χ0) is 15.7. The van der Waals surface area contributed by atoms with Gasteiger partial charge in [0.2, 0.25) is 0 Å². The van der Waals surface area contributed by atoms with Crippen molar-refractivity contribution in [3.8, 4) is 6.07 Å². The summed E-state index contributed by atoms with van der Waals surface area (Å²) < 4.78 is 0.833. The van der Waals surface area contributed by atoms with Gasteiger partial charge in [0.1, 0.15) is 16.6 Å². The summed E-state index contributed by atoms with van der Waals surface area (Å²) in [4.78, 5) is 18.1. The third-order valence-electron chi connectivity index (χ3n) is 3.39. The first-order valence-corrected chi connectivity index (χ1v) is 7.56. The van der Waals surface area contributed by atoms with Gasteiger partial charge in [0.25, 0.3) is 5.56 Å². The minimum atomic E-state index is -0.299. The van der Waals surface area contributed by atoms with Crippen molar-refractivity contribution < 1.29 is 0 Å². The standard InChI is InChI=1S/C17H13N3OS/c1-11-7-8-14(20(2)10-11)13(9-18)17-19-16(21)12-5-3-4-6-15(12)22-17/h3-8,10H,1-2H3. The van der Waals surface area contributed by atoms with Gasteiger partial charge in [-0.1, -0.05) is 18.2 Å². The van der Waals surface area contributed by atoms with Gasteiger partial charge >= 0.3 is 0 Å². The molecule has 22 heavy (non-hydrogen) atoms. The number of likely N-dealkylation sites (N-methyl/N-ethyl adjacent to an activating group) is 1. The smallest absolute Gasteiger partial charge is 0.279 e. The second-order valence-electron chi connectivity index (χ2n) is 5.01. The van der Waals surface area contributed by atoms with Crippen LogP contribution < -0.4 is 5.56 Å². The average Bonchev–Trinajstić information content (AvgIpc) is 2.50. The minimum absolute atomic E-state index is 0.299. The number of rotatable bonds is 1. The fourth-order valence-corrected chi connectivity index (χ4v) is 3.34. The molecule has 5 heteroatoms. The summed E-state index contributed by atoms with van der Waals surface area (Å²) in [6, 6.07) is 9.50. The molecule has 1 aromatic carbocycles. The maximum atomic E-state index is 12.2. The van der Waals surface area contributed by atoms with Crippen molar-refractivity contribution in [3.05, 3.63) is 69.2 Å². The van der Waals surface area contributed by atoms with Gasteiger partial charge in [-0.05, 0) is 30.7 Å². The first kappa shape index (κ1) is 14.2. The monoisotopic (exact) mass is 307 g/mol. The summed E-state index contributed by atoms with van der Waals surface area (Å²) in [6.07, 6.45) is 5.76. The quantitative estimate of drug-likeness (QED) is 0.759. The van der Waals surface area contributed by atoms with E-state index in [1.807, 2.05) is 55.4 Å². The second kappa shape index (κ2) is 5.58. The predicted octanol–water partition coefficient (Wildman–Crippen LogP) is 3.30. The first-order valence-electron chi connectivity index (χ1n) is 6.74. The Morgan fingerprint density at radius 3 is 2.82 bits per heavy atom. The molecular formula is C17H13N3OS. The molecular weight excluding hydrogens is 294 g/mol. The lowest BCUT2D eigenvalue weighted by molar-refractivity contribution is 0.581. The Labute approximate surface area is 132 Å². The molecule has 1 aliphatic heterocycles. The van der Waals surface area contributed by atoms with Crippen LogP contribution in [0, 0.1) is 11.3 Å². The maximum absolute atomic E-state index is 12.2. The topological polar surface area (TPSA) is 57.0 Å². The molecule has 0 atom stereocenters. The van der Waals surface area contributed by atoms with E-state index >= 15 is 0 Å². The highest BCUT2D eigenvalue weighted by molar-refractivity contribution is 7.19. The number of benzene rings is 1. The fourth-order valence-electron chi connectivity index (χ4n) is 2.34. The van der Waals surface area contributed by atoms with Crippen molar-refractivity contribution in [2.45, 2.75) is 6.92 Å².